The summed E-state index contributed by atoms with van der Waals surface area (Å²) in [5, 5.41) is 2.02. The van der Waals surface area contributed by atoms with Crippen molar-refractivity contribution in [1.29, 1.82) is 0 Å². The molecule has 0 amide bonds. The van der Waals surface area contributed by atoms with Gasteiger partial charge in [0.15, 0.2) is 5.16 Å². The molecule has 0 aromatic carbocycles. The van der Waals surface area contributed by atoms with Gasteiger partial charge in [-0.1, -0.05) is 11.8 Å². The molecule has 0 spiro atoms. The van der Waals surface area contributed by atoms with Crippen LogP contribution in [0.4, 0.5) is 0 Å². The molecule has 0 aliphatic carbocycles. The molecule has 13 heavy (non-hydrogen) atoms. The third kappa shape index (κ3) is 1.53. The van der Waals surface area contributed by atoms with Gasteiger partial charge < -0.3 is 0 Å². The first kappa shape index (κ1) is 8.90. The number of hydrogen-bond acceptors (Lipinski definition) is 4. The molecule has 68 valence electrons. The highest BCUT2D eigenvalue weighted by Crippen LogP contribution is 2.20. The van der Waals surface area contributed by atoms with Crippen LogP contribution in [0.25, 0.3) is 5.52 Å². The number of thioether (sulfide) groups is 2. The second kappa shape index (κ2) is 3.59. The van der Waals surface area contributed by atoms with Gasteiger partial charge in [0.1, 0.15) is 11.4 Å². The fraction of sp³-hybridized carbons (Fsp3) is 0.250. The Hall–Kier alpha value is -0.680. The lowest BCUT2D eigenvalue weighted by molar-refractivity contribution is 0.848. The van der Waals surface area contributed by atoms with Gasteiger partial charge in [-0.15, -0.1) is 11.8 Å². The molecule has 2 rings (SSSR count). The van der Waals surface area contributed by atoms with E-state index in [0.29, 0.717) is 0 Å². The van der Waals surface area contributed by atoms with E-state index in [9.17, 15) is 0 Å². The van der Waals surface area contributed by atoms with Crippen LogP contribution < -0.4 is 0 Å². The van der Waals surface area contributed by atoms with E-state index in [1.54, 1.807) is 29.9 Å². The summed E-state index contributed by atoms with van der Waals surface area (Å²) in [5.74, 6) is 0. The number of imidazole rings is 1. The number of rotatable bonds is 2. The van der Waals surface area contributed by atoms with Crippen LogP contribution in [0.5, 0.6) is 0 Å². The van der Waals surface area contributed by atoms with Gasteiger partial charge in [-0.25, -0.2) is 9.97 Å². The molecular formula is C8H9N3S2. The first-order valence-corrected chi connectivity index (χ1v) is 6.21. The monoisotopic (exact) mass is 211 g/mol. The fourth-order valence-corrected chi connectivity index (χ4v) is 2.14. The van der Waals surface area contributed by atoms with Crippen molar-refractivity contribution >= 4 is 29.0 Å². The molecule has 0 bridgehead atoms. The van der Waals surface area contributed by atoms with Crippen molar-refractivity contribution < 1.29 is 0 Å². The number of aromatic nitrogens is 3. The minimum atomic E-state index is 0.986. The molecule has 0 saturated heterocycles. The smallest absolute Gasteiger partial charge is 0.174 e. The van der Waals surface area contributed by atoms with Crippen molar-refractivity contribution in [3.05, 3.63) is 18.6 Å². The van der Waals surface area contributed by atoms with E-state index in [4.69, 9.17) is 0 Å². The summed E-state index contributed by atoms with van der Waals surface area (Å²) in [4.78, 5) is 8.54. The predicted octanol–water partition coefficient (Wildman–Crippen LogP) is 2.17. The topological polar surface area (TPSA) is 30.2 Å². The number of hydrogen-bond donors (Lipinski definition) is 0. The molecule has 0 aliphatic rings. The molecular weight excluding hydrogens is 202 g/mol. The number of nitrogens with zero attached hydrogens (tertiary/aromatic N) is 3. The number of fused-ring (bicyclic) bond motifs is 1. The van der Waals surface area contributed by atoms with Crippen LogP contribution in [0.3, 0.4) is 0 Å². The zero-order valence-electron chi connectivity index (χ0n) is 7.39. The lowest BCUT2D eigenvalue weighted by atomic mass is 10.5. The molecule has 0 unspecified atom stereocenters. The van der Waals surface area contributed by atoms with Gasteiger partial charge in [-0.3, -0.25) is 4.40 Å². The summed E-state index contributed by atoms with van der Waals surface area (Å²) in [5.41, 5.74) is 1.10. The maximum absolute atomic E-state index is 4.46. The second-order valence-electron chi connectivity index (χ2n) is 2.47. The molecule has 0 radical (unpaired) electrons. The second-order valence-corrected chi connectivity index (χ2v) is 4.07. The molecule has 2 heterocycles. The molecule has 3 nitrogen and oxygen atoms in total. The minimum Gasteiger partial charge on any atom is -0.278 e. The SMILES string of the molecule is CSc1cc2cncn2c(SC)n1. The summed E-state index contributed by atoms with van der Waals surface area (Å²) in [7, 11) is 0. The molecule has 2 aromatic rings. The predicted molar refractivity (Wildman–Crippen MR) is 56.5 cm³/mol. The highest BCUT2D eigenvalue weighted by Gasteiger charge is 2.03. The molecule has 0 aliphatic heterocycles. The van der Waals surface area contributed by atoms with Gasteiger partial charge in [-0.05, 0) is 18.6 Å². The van der Waals surface area contributed by atoms with Crippen molar-refractivity contribution in [2.75, 3.05) is 12.5 Å². The van der Waals surface area contributed by atoms with Crippen LogP contribution >= 0.6 is 23.5 Å². The van der Waals surface area contributed by atoms with Crippen LogP contribution in [0.1, 0.15) is 0 Å². The Morgan fingerprint density at radius 2 is 2.15 bits per heavy atom. The average molecular weight is 211 g/mol. The summed E-state index contributed by atoms with van der Waals surface area (Å²) in [6.07, 6.45) is 7.69. The normalized spacial score (nSPS) is 10.9. The highest BCUT2D eigenvalue weighted by molar-refractivity contribution is 7.99. The molecule has 0 atom stereocenters. The maximum atomic E-state index is 4.46. The van der Waals surface area contributed by atoms with Crippen molar-refractivity contribution in [3.63, 3.8) is 0 Å². The van der Waals surface area contributed by atoms with Crippen molar-refractivity contribution in [2.24, 2.45) is 0 Å². The Bertz CT molecular complexity index is 424. The Labute approximate surface area is 85.0 Å². The zero-order valence-corrected chi connectivity index (χ0v) is 9.02. The molecule has 2 aromatic heterocycles. The van der Waals surface area contributed by atoms with Crippen LogP contribution in [-0.4, -0.2) is 26.9 Å². The van der Waals surface area contributed by atoms with Gasteiger partial charge in [0.05, 0.1) is 11.7 Å². The quantitative estimate of drug-likeness (QED) is 0.433. The van der Waals surface area contributed by atoms with Crippen LogP contribution in [0.15, 0.2) is 28.8 Å². The summed E-state index contributed by atoms with van der Waals surface area (Å²) in [6, 6.07) is 2.04. The van der Waals surface area contributed by atoms with E-state index in [1.165, 1.54) is 0 Å². The average Bonchev–Trinajstić information content (AvgIpc) is 2.63. The first-order chi connectivity index (χ1) is 6.35. The lowest BCUT2D eigenvalue weighted by Crippen LogP contribution is -1.93. The largest absolute Gasteiger partial charge is 0.278 e. The van der Waals surface area contributed by atoms with Crippen molar-refractivity contribution in [1.82, 2.24) is 14.4 Å². The molecule has 5 heteroatoms. The van der Waals surface area contributed by atoms with Crippen molar-refractivity contribution in [2.45, 2.75) is 10.2 Å². The van der Waals surface area contributed by atoms with Gasteiger partial charge in [0.25, 0.3) is 0 Å². The third-order valence-electron chi connectivity index (χ3n) is 1.74. The van der Waals surface area contributed by atoms with E-state index in [0.717, 1.165) is 15.7 Å². The molecule has 0 fully saturated rings. The standard InChI is InChI=1S/C8H9N3S2/c1-12-7-3-6-4-9-5-11(6)8(10-7)13-2/h3-5H,1-2H3. The zero-order chi connectivity index (χ0) is 9.26. The Balaban J connectivity index is 2.70. The molecule has 0 N–H and O–H groups in total. The first-order valence-electron chi connectivity index (χ1n) is 3.76. The van der Waals surface area contributed by atoms with E-state index in [1.807, 2.05) is 29.2 Å². The van der Waals surface area contributed by atoms with Crippen molar-refractivity contribution in [3.8, 4) is 0 Å². The Morgan fingerprint density at radius 3 is 2.85 bits per heavy atom. The van der Waals surface area contributed by atoms with Gasteiger partial charge in [-0.2, -0.15) is 0 Å². The van der Waals surface area contributed by atoms with Crippen LogP contribution in [-0.2, 0) is 0 Å². The highest BCUT2D eigenvalue weighted by atomic mass is 32.2. The summed E-state index contributed by atoms with van der Waals surface area (Å²) in [6.45, 7) is 0. The minimum absolute atomic E-state index is 0.986. The van der Waals surface area contributed by atoms with E-state index in [-0.39, 0.29) is 0 Å². The van der Waals surface area contributed by atoms with E-state index >= 15 is 0 Å². The van der Waals surface area contributed by atoms with Gasteiger partial charge in [0.2, 0.25) is 0 Å². The fourth-order valence-electron chi connectivity index (χ4n) is 1.13. The van der Waals surface area contributed by atoms with Crippen LogP contribution in [0.2, 0.25) is 0 Å². The van der Waals surface area contributed by atoms with Crippen LogP contribution in [0, 0.1) is 0 Å². The van der Waals surface area contributed by atoms with Gasteiger partial charge in [0, 0.05) is 0 Å². The third-order valence-corrected chi connectivity index (χ3v) is 3.02. The summed E-state index contributed by atoms with van der Waals surface area (Å²) >= 11 is 3.28. The van der Waals surface area contributed by atoms with E-state index < -0.39 is 0 Å². The summed E-state index contributed by atoms with van der Waals surface area (Å²) < 4.78 is 1.99. The lowest BCUT2D eigenvalue weighted by Gasteiger charge is -2.02. The van der Waals surface area contributed by atoms with Gasteiger partial charge >= 0.3 is 0 Å². The maximum Gasteiger partial charge on any atom is 0.174 e. The van der Waals surface area contributed by atoms with E-state index in [2.05, 4.69) is 9.97 Å². The Morgan fingerprint density at radius 1 is 1.31 bits per heavy atom. The molecule has 0 saturated carbocycles. The Kier molecular flexibility index (Phi) is 2.46.